The van der Waals surface area contributed by atoms with Gasteiger partial charge in [-0.3, -0.25) is 4.98 Å². The number of rotatable bonds is 4. The highest BCUT2D eigenvalue weighted by Crippen LogP contribution is 2.25. The van der Waals surface area contributed by atoms with E-state index in [0.29, 0.717) is 18.0 Å². The molecule has 1 heterocycles. The SMILES string of the molecule is COC(=O)c1c(N)cccc1OCc1ccncc1. The van der Waals surface area contributed by atoms with Crippen LogP contribution in [0.2, 0.25) is 0 Å². The summed E-state index contributed by atoms with van der Waals surface area (Å²) in [5, 5.41) is 0. The van der Waals surface area contributed by atoms with Crippen LogP contribution in [0.1, 0.15) is 15.9 Å². The molecule has 0 saturated carbocycles. The summed E-state index contributed by atoms with van der Waals surface area (Å²) in [6.07, 6.45) is 3.36. The van der Waals surface area contributed by atoms with Crippen molar-refractivity contribution in [2.45, 2.75) is 6.61 Å². The number of nitrogen functional groups attached to an aromatic ring is 1. The van der Waals surface area contributed by atoms with Crippen molar-refractivity contribution in [1.29, 1.82) is 0 Å². The largest absolute Gasteiger partial charge is 0.488 e. The number of nitrogens with zero attached hydrogens (tertiary/aromatic N) is 1. The maximum atomic E-state index is 11.7. The number of hydrogen-bond donors (Lipinski definition) is 1. The molecule has 2 N–H and O–H groups in total. The normalized spacial score (nSPS) is 9.95. The lowest BCUT2D eigenvalue weighted by Crippen LogP contribution is -2.09. The Morgan fingerprint density at radius 1 is 1.26 bits per heavy atom. The Morgan fingerprint density at radius 2 is 2.00 bits per heavy atom. The first-order chi connectivity index (χ1) is 9.22. The zero-order chi connectivity index (χ0) is 13.7. The molecular weight excluding hydrogens is 244 g/mol. The first-order valence-corrected chi connectivity index (χ1v) is 5.71. The fourth-order valence-corrected chi connectivity index (χ4v) is 1.63. The van der Waals surface area contributed by atoms with Crippen LogP contribution in [0.3, 0.4) is 0 Å². The number of benzene rings is 1. The fourth-order valence-electron chi connectivity index (χ4n) is 1.63. The summed E-state index contributed by atoms with van der Waals surface area (Å²) in [5.74, 6) is -0.105. The molecule has 0 spiro atoms. The van der Waals surface area contributed by atoms with Crippen molar-refractivity contribution < 1.29 is 14.3 Å². The van der Waals surface area contributed by atoms with Gasteiger partial charge in [-0.05, 0) is 29.8 Å². The zero-order valence-corrected chi connectivity index (χ0v) is 10.5. The first kappa shape index (κ1) is 12.9. The third-order valence-electron chi connectivity index (χ3n) is 2.59. The summed E-state index contributed by atoms with van der Waals surface area (Å²) >= 11 is 0. The van der Waals surface area contributed by atoms with Crippen molar-refractivity contribution >= 4 is 11.7 Å². The van der Waals surface area contributed by atoms with Crippen molar-refractivity contribution in [2.24, 2.45) is 0 Å². The summed E-state index contributed by atoms with van der Waals surface area (Å²) in [6, 6.07) is 8.72. The van der Waals surface area contributed by atoms with Gasteiger partial charge in [-0.25, -0.2) is 4.79 Å². The van der Waals surface area contributed by atoms with Crippen LogP contribution in [0.4, 0.5) is 5.69 Å². The molecule has 0 fully saturated rings. The van der Waals surface area contributed by atoms with E-state index in [1.165, 1.54) is 7.11 Å². The number of pyridine rings is 1. The highest BCUT2D eigenvalue weighted by atomic mass is 16.5. The molecule has 0 unspecified atom stereocenters. The molecule has 0 atom stereocenters. The van der Waals surface area contributed by atoms with Crippen LogP contribution in [0, 0.1) is 0 Å². The second kappa shape index (κ2) is 5.86. The zero-order valence-electron chi connectivity index (χ0n) is 10.5. The predicted octanol–water partition coefficient (Wildman–Crippen LogP) is 2.03. The van der Waals surface area contributed by atoms with Crippen LogP contribution < -0.4 is 10.5 Å². The standard InChI is InChI=1S/C14H14N2O3/c1-18-14(17)13-11(15)3-2-4-12(13)19-9-10-5-7-16-8-6-10/h2-8H,9,15H2,1H3. The molecule has 0 aliphatic rings. The Kier molecular flexibility index (Phi) is 3.97. The molecule has 2 aromatic rings. The van der Waals surface area contributed by atoms with E-state index in [1.54, 1.807) is 30.6 Å². The van der Waals surface area contributed by atoms with Gasteiger partial charge < -0.3 is 15.2 Å². The van der Waals surface area contributed by atoms with Crippen LogP contribution in [0.5, 0.6) is 5.75 Å². The lowest BCUT2D eigenvalue weighted by atomic mass is 10.1. The van der Waals surface area contributed by atoms with E-state index in [2.05, 4.69) is 4.98 Å². The Balaban J connectivity index is 2.21. The number of methoxy groups -OCH3 is 1. The molecule has 0 saturated heterocycles. The fraction of sp³-hybridized carbons (Fsp3) is 0.143. The summed E-state index contributed by atoms with van der Waals surface area (Å²) in [6.45, 7) is 0.329. The van der Waals surface area contributed by atoms with Gasteiger partial charge in [0.15, 0.2) is 0 Å². The van der Waals surface area contributed by atoms with E-state index in [0.717, 1.165) is 5.56 Å². The molecular formula is C14H14N2O3. The minimum Gasteiger partial charge on any atom is -0.488 e. The third kappa shape index (κ3) is 3.01. The van der Waals surface area contributed by atoms with Crippen molar-refractivity contribution in [2.75, 3.05) is 12.8 Å². The van der Waals surface area contributed by atoms with Gasteiger partial charge in [0.05, 0.1) is 7.11 Å². The number of carbonyl (C=O) groups excluding carboxylic acids is 1. The number of anilines is 1. The van der Waals surface area contributed by atoms with Crippen molar-refractivity contribution in [3.63, 3.8) is 0 Å². The van der Waals surface area contributed by atoms with Crippen LogP contribution in [-0.4, -0.2) is 18.1 Å². The molecule has 1 aromatic heterocycles. The van der Waals surface area contributed by atoms with Crippen LogP contribution >= 0.6 is 0 Å². The Hall–Kier alpha value is -2.56. The molecule has 5 nitrogen and oxygen atoms in total. The topological polar surface area (TPSA) is 74.4 Å². The van der Waals surface area contributed by atoms with E-state index in [9.17, 15) is 4.79 Å². The Bertz CT molecular complexity index is 570. The van der Waals surface area contributed by atoms with Gasteiger partial charge in [-0.1, -0.05) is 6.07 Å². The van der Waals surface area contributed by atoms with Gasteiger partial charge in [0.25, 0.3) is 0 Å². The number of hydrogen-bond acceptors (Lipinski definition) is 5. The van der Waals surface area contributed by atoms with E-state index in [4.69, 9.17) is 15.2 Å². The maximum absolute atomic E-state index is 11.7. The summed E-state index contributed by atoms with van der Waals surface area (Å²) < 4.78 is 10.3. The lowest BCUT2D eigenvalue weighted by Gasteiger charge is -2.12. The predicted molar refractivity (Wildman–Crippen MR) is 70.8 cm³/mol. The van der Waals surface area contributed by atoms with Gasteiger partial charge in [0.2, 0.25) is 0 Å². The first-order valence-electron chi connectivity index (χ1n) is 5.71. The lowest BCUT2D eigenvalue weighted by molar-refractivity contribution is 0.0597. The van der Waals surface area contributed by atoms with E-state index in [-0.39, 0.29) is 5.56 Å². The third-order valence-corrected chi connectivity index (χ3v) is 2.59. The van der Waals surface area contributed by atoms with Gasteiger partial charge in [-0.15, -0.1) is 0 Å². The quantitative estimate of drug-likeness (QED) is 0.671. The number of nitrogens with two attached hydrogens (primary N) is 1. The molecule has 98 valence electrons. The molecule has 2 rings (SSSR count). The maximum Gasteiger partial charge on any atom is 0.343 e. The van der Waals surface area contributed by atoms with E-state index in [1.807, 2.05) is 12.1 Å². The molecule has 0 radical (unpaired) electrons. The smallest absolute Gasteiger partial charge is 0.343 e. The second-order valence-electron chi connectivity index (χ2n) is 3.86. The molecule has 0 aliphatic carbocycles. The number of esters is 1. The van der Waals surface area contributed by atoms with E-state index >= 15 is 0 Å². The van der Waals surface area contributed by atoms with Gasteiger partial charge in [0, 0.05) is 18.1 Å². The van der Waals surface area contributed by atoms with Gasteiger partial charge >= 0.3 is 5.97 Å². The summed E-state index contributed by atoms with van der Waals surface area (Å²) in [5.41, 5.74) is 7.31. The van der Waals surface area contributed by atoms with Gasteiger partial charge in [-0.2, -0.15) is 0 Å². The molecule has 0 bridgehead atoms. The van der Waals surface area contributed by atoms with Crippen molar-refractivity contribution in [1.82, 2.24) is 4.98 Å². The van der Waals surface area contributed by atoms with Crippen molar-refractivity contribution in [3.05, 3.63) is 53.9 Å². The average Bonchev–Trinajstić information content (AvgIpc) is 2.45. The molecule has 1 aromatic carbocycles. The highest BCUT2D eigenvalue weighted by molar-refractivity contribution is 5.98. The Labute approximate surface area is 111 Å². The van der Waals surface area contributed by atoms with Gasteiger partial charge in [0.1, 0.15) is 17.9 Å². The summed E-state index contributed by atoms with van der Waals surface area (Å²) in [7, 11) is 1.31. The highest BCUT2D eigenvalue weighted by Gasteiger charge is 2.16. The molecule has 0 aliphatic heterocycles. The molecule has 5 heteroatoms. The number of carbonyl (C=O) groups is 1. The van der Waals surface area contributed by atoms with Crippen LogP contribution in [0.25, 0.3) is 0 Å². The van der Waals surface area contributed by atoms with Crippen LogP contribution in [-0.2, 0) is 11.3 Å². The molecule has 19 heavy (non-hydrogen) atoms. The second-order valence-corrected chi connectivity index (χ2v) is 3.86. The number of aromatic nitrogens is 1. The number of ether oxygens (including phenoxy) is 2. The summed E-state index contributed by atoms with van der Waals surface area (Å²) in [4.78, 5) is 15.6. The average molecular weight is 258 g/mol. The minimum atomic E-state index is -0.511. The van der Waals surface area contributed by atoms with Crippen molar-refractivity contribution in [3.8, 4) is 5.75 Å². The molecule has 0 amide bonds. The van der Waals surface area contributed by atoms with Crippen LogP contribution in [0.15, 0.2) is 42.7 Å². The van der Waals surface area contributed by atoms with E-state index < -0.39 is 5.97 Å². The monoisotopic (exact) mass is 258 g/mol. The minimum absolute atomic E-state index is 0.249. The Morgan fingerprint density at radius 3 is 2.68 bits per heavy atom.